The predicted octanol–water partition coefficient (Wildman–Crippen LogP) is 5.18. The number of rotatable bonds is 0. The zero-order valence-electron chi connectivity index (χ0n) is 13.5. The van der Waals surface area contributed by atoms with Crippen LogP contribution < -0.4 is 0 Å². The minimum absolute atomic E-state index is 0. The first-order chi connectivity index (χ1) is 9.72. The molecule has 0 aliphatic heterocycles. The Bertz CT molecular complexity index is 471. The molecule has 0 aromatic heterocycles. The minimum Gasteiger partial charge on any atom is -0.207 e. The first kappa shape index (κ1) is 16.9. The van der Waals surface area contributed by atoms with Crippen LogP contribution in [-0.4, -0.2) is 0 Å². The van der Waals surface area contributed by atoms with Gasteiger partial charge in [0.05, 0.1) is 0 Å². The Labute approximate surface area is 148 Å². The van der Waals surface area contributed by atoms with Gasteiger partial charge in [0.15, 0.2) is 0 Å². The van der Waals surface area contributed by atoms with Crippen LogP contribution in [0.15, 0.2) is 24.3 Å². The number of hydrogen-bond acceptors (Lipinski definition) is 0. The molecule has 0 saturated carbocycles. The maximum Gasteiger partial charge on any atom is 0 e. The van der Waals surface area contributed by atoms with Crippen LogP contribution in [0.3, 0.4) is 0 Å². The van der Waals surface area contributed by atoms with E-state index in [0.717, 1.165) is 0 Å². The molecule has 4 rings (SSSR count). The van der Waals surface area contributed by atoms with Crippen molar-refractivity contribution in [3.8, 4) is 0 Å². The fourth-order valence-electron chi connectivity index (χ4n) is 3.75. The summed E-state index contributed by atoms with van der Waals surface area (Å²) in [5.74, 6) is 0. The smallest absolute Gasteiger partial charge is 0 e. The normalized spacial score (nSPS) is 16.1. The molecule has 2 aliphatic carbocycles. The van der Waals surface area contributed by atoms with E-state index < -0.39 is 0 Å². The summed E-state index contributed by atoms with van der Waals surface area (Å²) >= 11 is 0. The third kappa shape index (κ3) is 4.28. The zero-order valence-corrected chi connectivity index (χ0v) is 17.1. The average molecular weight is 445 g/mol. The van der Waals surface area contributed by atoms with E-state index in [1.807, 2.05) is 0 Å². The third-order valence-corrected chi connectivity index (χ3v) is 4.72. The van der Waals surface area contributed by atoms with Gasteiger partial charge in [0, 0.05) is 25.8 Å². The van der Waals surface area contributed by atoms with Crippen molar-refractivity contribution in [1.29, 1.82) is 0 Å². The van der Waals surface area contributed by atoms with Gasteiger partial charge in [0.1, 0.15) is 0 Å². The monoisotopic (exact) mass is 446 g/mol. The first-order valence-electron chi connectivity index (χ1n) is 8.22. The van der Waals surface area contributed by atoms with E-state index in [4.69, 9.17) is 0 Å². The molecule has 0 fully saturated rings. The van der Waals surface area contributed by atoms with Crippen LogP contribution in [0, 0.1) is 13.8 Å². The second-order valence-electron chi connectivity index (χ2n) is 6.58. The van der Waals surface area contributed by atoms with Crippen molar-refractivity contribution < 1.29 is 25.8 Å². The molecule has 0 nitrogen and oxygen atoms in total. The molecule has 2 aliphatic rings. The molecule has 0 heterocycles. The molecule has 0 N–H and O–H groups in total. The van der Waals surface area contributed by atoms with Gasteiger partial charge in [-0.2, -0.15) is 45.5 Å². The van der Waals surface area contributed by atoms with Crippen molar-refractivity contribution in [3.05, 3.63) is 57.6 Å². The Balaban J connectivity index is 0.000000147. The zero-order chi connectivity index (χ0) is 13.9. The second-order valence-corrected chi connectivity index (χ2v) is 6.58. The van der Waals surface area contributed by atoms with Crippen molar-refractivity contribution >= 4 is 0 Å². The quantitative estimate of drug-likeness (QED) is 0.388. The van der Waals surface area contributed by atoms with Gasteiger partial charge in [-0.05, 0) is 0 Å². The fourth-order valence-corrected chi connectivity index (χ4v) is 3.75. The maximum absolute atomic E-state index is 2.34. The molecule has 0 saturated heterocycles. The van der Waals surface area contributed by atoms with Gasteiger partial charge in [-0.15, -0.1) is 0 Å². The van der Waals surface area contributed by atoms with E-state index in [1.54, 1.807) is 22.3 Å². The number of aryl methyl sites for hydroxylation is 6. The van der Waals surface area contributed by atoms with E-state index >= 15 is 0 Å². The standard InChI is InChI=1S/2C10H13.Hf/c2*1-8-6-9-4-2-3-5-10(9)7-8;/h2*6-7H,2-5H2,1H3;/q2*-1;. The number of hydrogen-bond donors (Lipinski definition) is 0. The summed E-state index contributed by atoms with van der Waals surface area (Å²) < 4.78 is 0. The largest absolute Gasteiger partial charge is 0.207 e. The predicted molar refractivity (Wildman–Crippen MR) is 86.8 cm³/mol. The third-order valence-electron chi connectivity index (χ3n) is 4.72. The van der Waals surface area contributed by atoms with E-state index in [2.05, 4.69) is 38.1 Å². The van der Waals surface area contributed by atoms with Crippen molar-refractivity contribution in [2.24, 2.45) is 0 Å². The average Bonchev–Trinajstić information content (AvgIpc) is 2.99. The van der Waals surface area contributed by atoms with E-state index in [-0.39, 0.29) is 25.8 Å². The van der Waals surface area contributed by atoms with E-state index in [9.17, 15) is 0 Å². The van der Waals surface area contributed by atoms with Gasteiger partial charge in [-0.25, -0.2) is 12.1 Å². The molecule has 112 valence electrons. The molecule has 0 bridgehead atoms. The van der Waals surface area contributed by atoms with Crippen molar-refractivity contribution in [3.63, 3.8) is 0 Å². The van der Waals surface area contributed by atoms with Crippen LogP contribution in [0.2, 0.25) is 0 Å². The summed E-state index contributed by atoms with van der Waals surface area (Å²) in [5.41, 5.74) is 9.36. The Kier molecular flexibility index (Phi) is 6.22. The summed E-state index contributed by atoms with van der Waals surface area (Å²) in [7, 11) is 0. The topological polar surface area (TPSA) is 0 Å². The summed E-state index contributed by atoms with van der Waals surface area (Å²) in [5, 5.41) is 0. The first-order valence-corrected chi connectivity index (χ1v) is 8.22. The van der Waals surface area contributed by atoms with Gasteiger partial charge >= 0.3 is 0 Å². The van der Waals surface area contributed by atoms with Gasteiger partial charge in [0.25, 0.3) is 0 Å². The molecule has 0 amide bonds. The van der Waals surface area contributed by atoms with E-state index in [0.29, 0.717) is 0 Å². The SMILES string of the molecule is Cc1cc2c([cH-]1)CCCC2.Cc1cc2c([cH-]1)CCCC2.[Hf]. The Hall–Kier alpha value is -0.430. The van der Waals surface area contributed by atoms with Gasteiger partial charge in [0.2, 0.25) is 0 Å². The maximum atomic E-state index is 2.34. The molecule has 21 heavy (non-hydrogen) atoms. The van der Waals surface area contributed by atoms with Crippen LogP contribution >= 0.6 is 0 Å². The Morgan fingerprint density at radius 3 is 1.43 bits per heavy atom. The van der Waals surface area contributed by atoms with Crippen molar-refractivity contribution in [2.45, 2.75) is 65.2 Å². The van der Waals surface area contributed by atoms with E-state index in [1.165, 1.54) is 62.5 Å². The summed E-state index contributed by atoms with van der Waals surface area (Å²) in [6, 6.07) is 9.37. The molecule has 0 unspecified atom stereocenters. The van der Waals surface area contributed by atoms with Gasteiger partial charge in [-0.3, -0.25) is 0 Å². The summed E-state index contributed by atoms with van der Waals surface area (Å²) in [6.07, 6.45) is 10.9. The molecule has 0 atom stereocenters. The van der Waals surface area contributed by atoms with Crippen LogP contribution in [-0.2, 0) is 51.5 Å². The van der Waals surface area contributed by atoms with Crippen LogP contribution in [0.4, 0.5) is 0 Å². The molecule has 0 spiro atoms. The van der Waals surface area contributed by atoms with Crippen molar-refractivity contribution in [1.82, 2.24) is 0 Å². The minimum atomic E-state index is 0. The summed E-state index contributed by atoms with van der Waals surface area (Å²) in [4.78, 5) is 0. The molecule has 0 radical (unpaired) electrons. The van der Waals surface area contributed by atoms with Crippen LogP contribution in [0.5, 0.6) is 0 Å². The van der Waals surface area contributed by atoms with Gasteiger partial charge in [-0.1, -0.05) is 65.2 Å². The van der Waals surface area contributed by atoms with Crippen LogP contribution in [0.25, 0.3) is 0 Å². The van der Waals surface area contributed by atoms with Crippen LogP contribution in [0.1, 0.15) is 59.1 Å². The molecular weight excluding hydrogens is 419 g/mol. The summed E-state index contributed by atoms with van der Waals surface area (Å²) in [6.45, 7) is 4.39. The molecule has 2 aromatic carbocycles. The molecular formula is C20H26Hf-2. The molecule has 2 aromatic rings. The Morgan fingerprint density at radius 2 is 1.05 bits per heavy atom. The Morgan fingerprint density at radius 1 is 0.667 bits per heavy atom. The molecule has 1 heteroatoms. The second kappa shape index (κ2) is 7.72. The van der Waals surface area contributed by atoms with Crippen molar-refractivity contribution in [2.75, 3.05) is 0 Å². The van der Waals surface area contributed by atoms with Gasteiger partial charge < -0.3 is 0 Å². The number of fused-ring (bicyclic) bond motifs is 2. The fraction of sp³-hybridized carbons (Fsp3) is 0.500.